The van der Waals surface area contributed by atoms with E-state index < -0.39 is 58.7 Å². The molecule has 2 aromatic rings. The highest BCUT2D eigenvalue weighted by atomic mass is 19.4. The van der Waals surface area contributed by atoms with Gasteiger partial charge >= 0.3 is 18.3 Å². The average Bonchev–Trinajstić information content (AvgIpc) is 2.69. The van der Waals surface area contributed by atoms with Crippen molar-refractivity contribution in [3.05, 3.63) is 65.2 Å². The normalized spacial score (nSPS) is 14.2. The largest absolute Gasteiger partial charge is 0.458 e. The summed E-state index contributed by atoms with van der Waals surface area (Å²) in [6.45, 7) is 6.13. The number of hydrogen-bond acceptors (Lipinski definition) is 4. The fourth-order valence-electron chi connectivity index (χ4n) is 2.91. The summed E-state index contributed by atoms with van der Waals surface area (Å²) in [6, 6.07) is 6.47. The number of esters is 1. The van der Waals surface area contributed by atoms with Gasteiger partial charge in [0.15, 0.2) is 6.04 Å². The van der Waals surface area contributed by atoms with E-state index in [2.05, 4.69) is 10.6 Å². The fourth-order valence-corrected chi connectivity index (χ4v) is 2.91. The molecule has 0 heterocycles. The minimum atomic E-state index is -5.03. The number of carbonyl (C=O) groups excluding carboxylic acids is 2. The van der Waals surface area contributed by atoms with Crippen LogP contribution < -0.4 is 10.6 Å². The maximum atomic E-state index is 13.1. The third kappa shape index (κ3) is 7.67. The molecule has 1 amide bonds. The van der Waals surface area contributed by atoms with Gasteiger partial charge in [-0.15, -0.1) is 0 Å². The highest BCUT2D eigenvalue weighted by molar-refractivity contribution is 5.89. The predicted octanol–water partition coefficient (Wildman–Crippen LogP) is 5.72. The van der Waals surface area contributed by atoms with Crippen molar-refractivity contribution < 1.29 is 40.7 Å². The van der Waals surface area contributed by atoms with Crippen LogP contribution in [0.1, 0.15) is 50.4 Å². The van der Waals surface area contributed by atoms with Gasteiger partial charge in [0.1, 0.15) is 11.6 Å². The highest BCUT2D eigenvalue weighted by Crippen LogP contribution is 2.37. The van der Waals surface area contributed by atoms with Crippen LogP contribution >= 0.6 is 0 Å². The van der Waals surface area contributed by atoms with Gasteiger partial charge in [-0.1, -0.05) is 30.3 Å². The van der Waals surface area contributed by atoms with E-state index in [0.29, 0.717) is 17.7 Å². The smallest absolute Gasteiger partial charge is 0.416 e. The van der Waals surface area contributed by atoms with Crippen molar-refractivity contribution in [1.29, 1.82) is 0 Å². The minimum Gasteiger partial charge on any atom is -0.458 e. The first-order chi connectivity index (χ1) is 15.5. The van der Waals surface area contributed by atoms with Gasteiger partial charge in [-0.05, 0) is 51.5 Å². The summed E-state index contributed by atoms with van der Waals surface area (Å²) >= 11 is 0. The van der Waals surface area contributed by atoms with Crippen molar-refractivity contribution in [2.24, 2.45) is 0 Å². The Hall–Kier alpha value is -3.24. The second kappa shape index (κ2) is 9.94. The summed E-state index contributed by atoms with van der Waals surface area (Å²) in [6.07, 6.45) is -10.1. The van der Waals surface area contributed by atoms with Gasteiger partial charge < -0.3 is 15.4 Å². The van der Waals surface area contributed by atoms with Crippen molar-refractivity contribution in [3.8, 4) is 0 Å². The molecule has 0 saturated carbocycles. The summed E-state index contributed by atoms with van der Waals surface area (Å²) in [5.74, 6) is -1.62. The molecule has 2 aromatic carbocycles. The molecule has 0 aliphatic rings. The summed E-state index contributed by atoms with van der Waals surface area (Å²) < 4.78 is 83.9. The monoisotopic (exact) mass is 490 g/mol. The van der Waals surface area contributed by atoms with E-state index in [4.69, 9.17) is 4.74 Å². The lowest BCUT2D eigenvalue weighted by Gasteiger charge is -2.26. The van der Waals surface area contributed by atoms with Gasteiger partial charge in [-0.25, -0.2) is 4.79 Å². The molecule has 2 N–H and O–H groups in total. The predicted molar refractivity (Wildman–Crippen MR) is 113 cm³/mol. The molecular formula is C23H24F6N2O3. The number of benzene rings is 2. The van der Waals surface area contributed by atoms with Gasteiger partial charge in [0.2, 0.25) is 5.91 Å². The third-order valence-electron chi connectivity index (χ3n) is 4.43. The molecule has 0 spiro atoms. The Balaban J connectivity index is 2.29. The van der Waals surface area contributed by atoms with Crippen molar-refractivity contribution in [1.82, 2.24) is 5.32 Å². The van der Waals surface area contributed by atoms with Gasteiger partial charge in [0, 0.05) is 5.69 Å². The molecule has 34 heavy (non-hydrogen) atoms. The van der Waals surface area contributed by atoms with Crippen LogP contribution in [0.3, 0.4) is 0 Å². The van der Waals surface area contributed by atoms with Crippen LogP contribution in [0.5, 0.6) is 0 Å². The quantitative estimate of drug-likeness (QED) is 0.401. The molecule has 0 aromatic heterocycles. The van der Waals surface area contributed by atoms with E-state index in [1.807, 2.05) is 0 Å². The number of nitrogens with one attached hydrogen (secondary N) is 2. The minimum absolute atomic E-state index is 0.0101. The van der Waals surface area contributed by atoms with E-state index in [0.717, 1.165) is 0 Å². The Morgan fingerprint density at radius 2 is 1.35 bits per heavy atom. The molecule has 2 rings (SSSR count). The maximum Gasteiger partial charge on any atom is 0.416 e. The van der Waals surface area contributed by atoms with Crippen molar-refractivity contribution >= 4 is 17.6 Å². The molecule has 11 heteroatoms. The lowest BCUT2D eigenvalue weighted by molar-refractivity contribution is -0.159. The van der Waals surface area contributed by atoms with Crippen LogP contribution in [0.25, 0.3) is 0 Å². The number of rotatable bonds is 6. The fraction of sp³-hybridized carbons (Fsp3) is 0.391. The van der Waals surface area contributed by atoms with Crippen LogP contribution in [0, 0.1) is 0 Å². The van der Waals surface area contributed by atoms with Crippen LogP contribution in [0.4, 0.5) is 32.0 Å². The number of carbonyl (C=O) groups is 2. The molecule has 0 aliphatic carbocycles. The Labute approximate surface area is 192 Å². The zero-order valence-electron chi connectivity index (χ0n) is 18.8. The zero-order chi connectivity index (χ0) is 25.9. The van der Waals surface area contributed by atoms with E-state index >= 15 is 0 Å². The summed E-state index contributed by atoms with van der Waals surface area (Å²) in [7, 11) is 0. The van der Waals surface area contributed by atoms with Gasteiger partial charge in [-0.3, -0.25) is 4.79 Å². The maximum absolute atomic E-state index is 13.1. The number of amides is 1. The standard InChI is InChI=1S/C23H24F6N2O3/c1-13(30-17-11-15(22(24,25)26)10-16(12-17)23(27,28)29)19(32)31-18(14-8-6-5-7-9-14)20(33)34-21(2,3)4/h5-13,18,30H,1-4H3,(H,31,32)/t13-,18-/m0/s1. The first kappa shape index (κ1) is 27.0. The lowest BCUT2D eigenvalue weighted by atomic mass is 10.1. The molecule has 0 fully saturated rings. The first-order valence-corrected chi connectivity index (χ1v) is 10.1. The molecule has 0 aliphatic heterocycles. The van der Waals surface area contributed by atoms with Crippen LogP contribution in [-0.4, -0.2) is 23.5 Å². The molecule has 0 bridgehead atoms. The van der Waals surface area contributed by atoms with Crippen molar-refractivity contribution in [2.75, 3.05) is 5.32 Å². The molecule has 186 valence electrons. The van der Waals surface area contributed by atoms with E-state index in [9.17, 15) is 35.9 Å². The van der Waals surface area contributed by atoms with Crippen LogP contribution in [0.2, 0.25) is 0 Å². The lowest BCUT2D eigenvalue weighted by Crippen LogP contribution is -2.44. The average molecular weight is 490 g/mol. The highest BCUT2D eigenvalue weighted by Gasteiger charge is 2.37. The van der Waals surface area contributed by atoms with Crippen molar-refractivity contribution in [3.63, 3.8) is 0 Å². The Kier molecular flexibility index (Phi) is 7.90. The Morgan fingerprint density at radius 3 is 1.79 bits per heavy atom. The summed E-state index contributed by atoms with van der Waals surface area (Å²) in [4.78, 5) is 25.4. The SMILES string of the molecule is C[C@H](Nc1cc(C(F)(F)F)cc(C(F)(F)F)c1)C(=O)N[C@H](C(=O)OC(C)(C)C)c1ccccc1. The topological polar surface area (TPSA) is 67.4 Å². The second-order valence-corrected chi connectivity index (χ2v) is 8.55. The molecular weight excluding hydrogens is 466 g/mol. The molecule has 0 unspecified atom stereocenters. The van der Waals surface area contributed by atoms with E-state index in [-0.39, 0.29) is 6.07 Å². The third-order valence-corrected chi connectivity index (χ3v) is 4.43. The van der Waals surface area contributed by atoms with Crippen LogP contribution in [0.15, 0.2) is 48.5 Å². The number of hydrogen-bond donors (Lipinski definition) is 2. The number of alkyl halides is 6. The van der Waals surface area contributed by atoms with Crippen LogP contribution in [-0.2, 0) is 26.7 Å². The van der Waals surface area contributed by atoms with E-state index in [1.54, 1.807) is 51.1 Å². The van der Waals surface area contributed by atoms with Crippen molar-refractivity contribution in [2.45, 2.75) is 57.7 Å². The first-order valence-electron chi connectivity index (χ1n) is 10.1. The Morgan fingerprint density at radius 1 is 0.853 bits per heavy atom. The summed E-state index contributed by atoms with van der Waals surface area (Å²) in [5.41, 5.74) is -4.08. The summed E-state index contributed by atoms with van der Waals surface area (Å²) in [5, 5.41) is 4.79. The zero-order valence-corrected chi connectivity index (χ0v) is 18.8. The van der Waals surface area contributed by atoms with Gasteiger partial charge in [0.25, 0.3) is 0 Å². The molecule has 0 saturated heterocycles. The molecule has 0 radical (unpaired) electrons. The Bertz CT molecular complexity index is 982. The molecule has 5 nitrogen and oxygen atoms in total. The van der Waals surface area contributed by atoms with E-state index in [1.165, 1.54) is 6.92 Å². The van der Waals surface area contributed by atoms with Gasteiger partial charge in [-0.2, -0.15) is 26.3 Å². The number of anilines is 1. The number of halogens is 6. The van der Waals surface area contributed by atoms with Gasteiger partial charge in [0.05, 0.1) is 11.1 Å². The molecule has 2 atom stereocenters. The number of ether oxygens (including phenoxy) is 1. The second-order valence-electron chi connectivity index (χ2n) is 8.55.